The molecule has 0 unspecified atom stereocenters. The molecule has 1 aromatic rings. The summed E-state index contributed by atoms with van der Waals surface area (Å²) in [5.41, 5.74) is 0.419. The topological polar surface area (TPSA) is 87.3 Å². The Bertz CT molecular complexity index is 567. The lowest BCUT2D eigenvalue weighted by Gasteiger charge is -2.11. The number of nitrogens with one attached hydrogen (secondary N) is 3. The van der Waals surface area contributed by atoms with E-state index in [1.54, 1.807) is 18.2 Å². The third kappa shape index (κ3) is 3.68. The molecule has 0 aromatic heterocycles. The number of benzene rings is 1. The predicted octanol–water partition coefficient (Wildman–Crippen LogP) is 0.285. The van der Waals surface area contributed by atoms with Gasteiger partial charge in [0.1, 0.15) is 4.90 Å². The first-order chi connectivity index (χ1) is 9.03. The van der Waals surface area contributed by atoms with Gasteiger partial charge in [-0.15, -0.1) is 0 Å². The zero-order chi connectivity index (χ0) is 13.9. The van der Waals surface area contributed by atoms with Crippen molar-refractivity contribution in [3.8, 4) is 0 Å². The Morgan fingerprint density at radius 1 is 1.32 bits per heavy atom. The van der Waals surface area contributed by atoms with Crippen LogP contribution in [0.4, 0.5) is 5.69 Å². The Kier molecular flexibility index (Phi) is 4.06. The van der Waals surface area contributed by atoms with E-state index in [1.807, 2.05) is 0 Å². The van der Waals surface area contributed by atoms with Crippen LogP contribution in [0.3, 0.4) is 0 Å². The van der Waals surface area contributed by atoms with Gasteiger partial charge in [-0.1, -0.05) is 12.1 Å². The zero-order valence-corrected chi connectivity index (χ0v) is 11.5. The van der Waals surface area contributed by atoms with Crippen molar-refractivity contribution in [2.75, 3.05) is 18.9 Å². The van der Waals surface area contributed by atoms with Crippen molar-refractivity contribution in [2.45, 2.75) is 23.8 Å². The van der Waals surface area contributed by atoms with Gasteiger partial charge in [-0.05, 0) is 32.0 Å². The lowest BCUT2D eigenvalue weighted by Crippen LogP contribution is -2.32. The second-order valence-corrected chi connectivity index (χ2v) is 6.25. The van der Waals surface area contributed by atoms with Crippen molar-refractivity contribution in [1.82, 2.24) is 10.0 Å². The zero-order valence-electron chi connectivity index (χ0n) is 10.6. The van der Waals surface area contributed by atoms with E-state index < -0.39 is 10.0 Å². The number of amides is 1. The molecule has 0 aliphatic heterocycles. The van der Waals surface area contributed by atoms with E-state index in [-0.39, 0.29) is 17.3 Å². The molecule has 2 rings (SSSR count). The predicted molar refractivity (Wildman–Crippen MR) is 72.3 cm³/mol. The van der Waals surface area contributed by atoms with E-state index in [4.69, 9.17) is 0 Å². The van der Waals surface area contributed by atoms with Crippen LogP contribution < -0.4 is 15.4 Å². The highest BCUT2D eigenvalue weighted by Gasteiger charge is 2.23. The van der Waals surface area contributed by atoms with Crippen molar-refractivity contribution in [3.63, 3.8) is 0 Å². The summed E-state index contributed by atoms with van der Waals surface area (Å²) < 4.78 is 25.9. The van der Waals surface area contributed by atoms with Gasteiger partial charge in [0.25, 0.3) is 0 Å². The molecule has 1 amide bonds. The monoisotopic (exact) mass is 283 g/mol. The average molecular weight is 283 g/mol. The fraction of sp³-hybridized carbons (Fsp3) is 0.417. The van der Waals surface area contributed by atoms with Crippen LogP contribution in [0.5, 0.6) is 0 Å². The molecular weight excluding hydrogens is 266 g/mol. The Hall–Kier alpha value is -1.60. The van der Waals surface area contributed by atoms with Crippen LogP contribution in [0.1, 0.15) is 12.8 Å². The first-order valence-corrected chi connectivity index (χ1v) is 7.57. The van der Waals surface area contributed by atoms with Gasteiger partial charge in [0.05, 0.1) is 12.2 Å². The van der Waals surface area contributed by atoms with E-state index in [1.165, 1.54) is 13.1 Å². The summed E-state index contributed by atoms with van der Waals surface area (Å²) in [5.74, 6) is -0.126. The van der Waals surface area contributed by atoms with E-state index in [9.17, 15) is 13.2 Å². The normalized spacial score (nSPS) is 15.0. The van der Waals surface area contributed by atoms with Gasteiger partial charge in [0, 0.05) is 6.04 Å². The number of carbonyl (C=O) groups is 1. The van der Waals surface area contributed by atoms with Crippen molar-refractivity contribution >= 4 is 21.6 Å². The lowest BCUT2D eigenvalue weighted by atomic mass is 10.3. The minimum Gasteiger partial charge on any atom is -0.375 e. The molecule has 6 nitrogen and oxygen atoms in total. The van der Waals surface area contributed by atoms with Crippen molar-refractivity contribution in [1.29, 1.82) is 0 Å². The number of hydrogen-bond acceptors (Lipinski definition) is 4. The summed E-state index contributed by atoms with van der Waals surface area (Å²) in [6, 6.07) is 6.78. The van der Waals surface area contributed by atoms with Crippen LogP contribution in [0.25, 0.3) is 0 Å². The first-order valence-electron chi connectivity index (χ1n) is 6.09. The van der Waals surface area contributed by atoms with Gasteiger partial charge in [-0.3, -0.25) is 4.79 Å². The number of sulfonamides is 1. The summed E-state index contributed by atoms with van der Waals surface area (Å²) in [6.45, 7) is 0.0622. The smallest absolute Gasteiger partial charge is 0.242 e. The molecule has 0 saturated heterocycles. The highest BCUT2D eigenvalue weighted by Crippen LogP contribution is 2.20. The van der Waals surface area contributed by atoms with E-state index in [0.717, 1.165) is 12.8 Å². The second-order valence-electron chi connectivity index (χ2n) is 4.40. The summed E-state index contributed by atoms with van der Waals surface area (Å²) in [7, 11) is -2.18. The Morgan fingerprint density at radius 3 is 2.63 bits per heavy atom. The summed E-state index contributed by atoms with van der Waals surface area (Å²) in [4.78, 5) is 11.7. The minimum absolute atomic E-state index is 0.0622. The number of carbonyl (C=O) groups excluding carboxylic acids is 1. The molecule has 19 heavy (non-hydrogen) atoms. The molecule has 0 spiro atoms. The SMILES string of the molecule is CNS(=O)(=O)c1ccccc1NCC(=O)NC1CC1. The highest BCUT2D eigenvalue weighted by molar-refractivity contribution is 7.89. The Labute approximate surface area is 112 Å². The number of rotatable bonds is 6. The maximum Gasteiger partial charge on any atom is 0.242 e. The van der Waals surface area contributed by atoms with Gasteiger partial charge in [-0.25, -0.2) is 13.1 Å². The van der Waals surface area contributed by atoms with E-state index in [2.05, 4.69) is 15.4 Å². The molecule has 1 aliphatic carbocycles. The average Bonchev–Trinajstić information content (AvgIpc) is 3.20. The molecule has 7 heteroatoms. The molecule has 0 bridgehead atoms. The van der Waals surface area contributed by atoms with E-state index in [0.29, 0.717) is 11.7 Å². The van der Waals surface area contributed by atoms with E-state index >= 15 is 0 Å². The van der Waals surface area contributed by atoms with Gasteiger partial charge in [0.2, 0.25) is 15.9 Å². The third-order valence-corrected chi connectivity index (χ3v) is 4.30. The molecule has 104 valence electrons. The molecule has 0 heterocycles. The number of para-hydroxylation sites is 1. The molecule has 1 aliphatic rings. The standard InChI is InChI=1S/C12H17N3O3S/c1-13-19(17,18)11-5-3-2-4-10(11)14-8-12(16)15-9-6-7-9/h2-5,9,13-14H,6-8H2,1H3,(H,15,16). The molecular formula is C12H17N3O3S. The van der Waals surface area contributed by atoms with Gasteiger partial charge < -0.3 is 10.6 Å². The van der Waals surface area contributed by atoms with Crippen LogP contribution in [0.15, 0.2) is 29.2 Å². The molecule has 3 N–H and O–H groups in total. The number of hydrogen-bond donors (Lipinski definition) is 3. The largest absolute Gasteiger partial charge is 0.375 e. The highest BCUT2D eigenvalue weighted by atomic mass is 32.2. The fourth-order valence-corrected chi connectivity index (χ4v) is 2.55. The van der Waals surface area contributed by atoms with Crippen LogP contribution in [-0.2, 0) is 14.8 Å². The quantitative estimate of drug-likeness (QED) is 0.700. The van der Waals surface area contributed by atoms with Crippen LogP contribution >= 0.6 is 0 Å². The third-order valence-electron chi connectivity index (χ3n) is 2.83. The maximum absolute atomic E-state index is 11.8. The molecule has 1 saturated carbocycles. The fourth-order valence-electron chi connectivity index (χ4n) is 1.64. The summed E-state index contributed by atoms with van der Waals surface area (Å²) in [5, 5.41) is 5.69. The molecule has 0 radical (unpaired) electrons. The minimum atomic E-state index is -3.53. The lowest BCUT2D eigenvalue weighted by molar-refractivity contribution is -0.119. The Morgan fingerprint density at radius 2 is 2.00 bits per heavy atom. The summed E-state index contributed by atoms with van der Waals surface area (Å²) >= 11 is 0. The van der Waals surface area contributed by atoms with Crippen molar-refractivity contribution < 1.29 is 13.2 Å². The van der Waals surface area contributed by atoms with Crippen molar-refractivity contribution in [2.24, 2.45) is 0 Å². The summed E-state index contributed by atoms with van der Waals surface area (Å²) in [6.07, 6.45) is 2.05. The van der Waals surface area contributed by atoms with Gasteiger partial charge in [-0.2, -0.15) is 0 Å². The van der Waals surface area contributed by atoms with Gasteiger partial charge in [0.15, 0.2) is 0 Å². The number of anilines is 1. The second kappa shape index (κ2) is 5.58. The first kappa shape index (κ1) is 13.8. The van der Waals surface area contributed by atoms with Crippen molar-refractivity contribution in [3.05, 3.63) is 24.3 Å². The van der Waals surface area contributed by atoms with Gasteiger partial charge >= 0.3 is 0 Å². The molecule has 0 atom stereocenters. The van der Waals surface area contributed by atoms with Crippen LogP contribution in [0.2, 0.25) is 0 Å². The van der Waals surface area contributed by atoms with Crippen LogP contribution in [-0.4, -0.2) is 34.0 Å². The molecule has 1 aromatic carbocycles. The Balaban J connectivity index is 2.05. The van der Waals surface area contributed by atoms with Crippen LogP contribution in [0, 0.1) is 0 Å². The molecule has 1 fully saturated rings. The maximum atomic E-state index is 11.8.